The fourth-order valence-corrected chi connectivity index (χ4v) is 3.33. The van der Waals surface area contributed by atoms with Crippen LogP contribution in [-0.4, -0.2) is 41.1 Å². The van der Waals surface area contributed by atoms with E-state index in [4.69, 9.17) is 9.47 Å². The molecule has 0 atom stereocenters. The van der Waals surface area contributed by atoms with Crippen molar-refractivity contribution in [1.82, 2.24) is 5.32 Å². The van der Waals surface area contributed by atoms with Gasteiger partial charge in [0, 0.05) is 25.3 Å². The highest BCUT2D eigenvalue weighted by atomic mass is 28.2. The van der Waals surface area contributed by atoms with Gasteiger partial charge in [0.2, 0.25) is 5.91 Å². The van der Waals surface area contributed by atoms with Crippen molar-refractivity contribution >= 4 is 15.4 Å². The Balaban J connectivity index is 3.48. The molecular weight excluding hydrogens is 246 g/mol. The van der Waals surface area contributed by atoms with Crippen LogP contribution < -0.4 is 5.32 Å². The van der Waals surface area contributed by atoms with Crippen LogP contribution in [0.15, 0.2) is 12.2 Å². The summed E-state index contributed by atoms with van der Waals surface area (Å²) in [5, 5.41) is 2.83. The number of carbonyl (C=O) groups excluding carboxylic acids is 1. The monoisotopic (exact) mass is 273 g/mol. The third-order valence-electron chi connectivity index (χ3n) is 2.49. The molecule has 4 nitrogen and oxygen atoms in total. The number of nitrogens with one attached hydrogen (secondary N) is 1. The highest BCUT2D eigenvalue weighted by Gasteiger charge is 2.07. The quantitative estimate of drug-likeness (QED) is 0.268. The van der Waals surface area contributed by atoms with Crippen LogP contribution in [0.4, 0.5) is 0 Å². The second kappa shape index (κ2) is 11.4. The van der Waals surface area contributed by atoms with Crippen LogP contribution in [0.3, 0.4) is 0 Å². The summed E-state index contributed by atoms with van der Waals surface area (Å²) in [6.45, 7) is 11.5. The van der Waals surface area contributed by atoms with Gasteiger partial charge >= 0.3 is 0 Å². The molecule has 1 N–H and O–H groups in total. The van der Waals surface area contributed by atoms with E-state index < -0.39 is 0 Å². The fraction of sp³-hybridized carbons (Fsp3) is 0.769. The van der Waals surface area contributed by atoms with E-state index in [2.05, 4.69) is 11.9 Å². The van der Waals surface area contributed by atoms with Gasteiger partial charge in [-0.25, -0.2) is 0 Å². The summed E-state index contributed by atoms with van der Waals surface area (Å²) in [5.41, 5.74) is 0.567. The van der Waals surface area contributed by atoms with Crippen molar-refractivity contribution in [3.8, 4) is 0 Å². The second-order valence-corrected chi connectivity index (χ2v) is 6.18. The number of hydrogen-bond donors (Lipinski definition) is 1. The maximum Gasteiger partial charge on any atom is 0.246 e. The summed E-state index contributed by atoms with van der Waals surface area (Å²) in [6.07, 6.45) is 2.14. The molecule has 0 aromatic carbocycles. The van der Waals surface area contributed by atoms with Gasteiger partial charge in [0.15, 0.2) is 0 Å². The molecule has 18 heavy (non-hydrogen) atoms. The molecule has 0 aliphatic rings. The van der Waals surface area contributed by atoms with Crippen LogP contribution in [0, 0.1) is 0 Å². The average Bonchev–Trinajstić information content (AvgIpc) is 2.33. The SMILES string of the molecule is C=C(C)C(=O)NCCCC[SiH2]C(OCC)OCC. The Morgan fingerprint density at radius 2 is 1.89 bits per heavy atom. The smallest absolute Gasteiger partial charge is 0.246 e. The van der Waals surface area contributed by atoms with Gasteiger partial charge in [0.1, 0.15) is 5.91 Å². The molecule has 0 fully saturated rings. The number of ether oxygens (including phenoxy) is 2. The van der Waals surface area contributed by atoms with E-state index in [1.54, 1.807) is 6.92 Å². The van der Waals surface area contributed by atoms with Crippen molar-refractivity contribution < 1.29 is 14.3 Å². The summed E-state index contributed by atoms with van der Waals surface area (Å²) in [7, 11) is -0.334. The van der Waals surface area contributed by atoms with E-state index in [0.29, 0.717) is 18.8 Å². The number of amides is 1. The minimum atomic E-state index is -0.334. The highest BCUT2D eigenvalue weighted by Crippen LogP contribution is 2.01. The average molecular weight is 273 g/mol. The normalized spacial score (nSPS) is 11.3. The lowest BCUT2D eigenvalue weighted by atomic mass is 10.3. The summed E-state index contributed by atoms with van der Waals surface area (Å²) in [4.78, 5) is 11.2. The zero-order valence-corrected chi connectivity index (χ0v) is 13.4. The van der Waals surface area contributed by atoms with E-state index in [1.165, 1.54) is 6.04 Å². The molecule has 106 valence electrons. The van der Waals surface area contributed by atoms with Gasteiger partial charge in [0.25, 0.3) is 0 Å². The molecule has 0 saturated carbocycles. The number of hydrogen-bond acceptors (Lipinski definition) is 3. The summed E-state index contributed by atoms with van der Waals surface area (Å²) in [6, 6.07) is 1.19. The molecular formula is C13H27NO3Si. The van der Waals surface area contributed by atoms with E-state index >= 15 is 0 Å². The first-order chi connectivity index (χ1) is 8.61. The van der Waals surface area contributed by atoms with Crippen molar-refractivity contribution in [2.45, 2.75) is 45.6 Å². The first kappa shape index (κ1) is 17.3. The number of unbranched alkanes of at least 4 members (excludes halogenated alkanes) is 1. The van der Waals surface area contributed by atoms with Crippen LogP contribution >= 0.6 is 0 Å². The molecule has 0 rings (SSSR count). The van der Waals surface area contributed by atoms with E-state index in [9.17, 15) is 4.79 Å². The third-order valence-corrected chi connectivity index (χ3v) is 4.35. The standard InChI is InChI=1S/C13H27NO3Si/c1-5-16-13(17-6-2)18-10-8-7-9-14-12(15)11(3)4/h13H,3,5-10,18H2,1-2,4H3,(H,14,15). The van der Waals surface area contributed by atoms with Crippen molar-refractivity contribution in [2.24, 2.45) is 0 Å². The Morgan fingerprint density at radius 1 is 1.28 bits per heavy atom. The number of rotatable bonds is 11. The van der Waals surface area contributed by atoms with Crippen molar-refractivity contribution in [1.29, 1.82) is 0 Å². The minimum absolute atomic E-state index is 0.0474. The molecule has 0 aliphatic carbocycles. The summed E-state index contributed by atoms with van der Waals surface area (Å²) >= 11 is 0. The van der Waals surface area contributed by atoms with Crippen LogP contribution in [-0.2, 0) is 14.3 Å². The van der Waals surface area contributed by atoms with Gasteiger partial charge in [-0.3, -0.25) is 4.79 Å². The number of carbonyl (C=O) groups is 1. The molecule has 5 heteroatoms. The molecule has 0 unspecified atom stereocenters. The molecule has 0 heterocycles. The summed E-state index contributed by atoms with van der Waals surface area (Å²) in [5.74, 6) is 0.0127. The van der Waals surface area contributed by atoms with E-state index in [1.807, 2.05) is 13.8 Å². The van der Waals surface area contributed by atoms with Crippen molar-refractivity contribution in [2.75, 3.05) is 19.8 Å². The Labute approximate surface area is 113 Å². The molecule has 0 spiro atoms. The molecule has 0 aromatic heterocycles. The van der Waals surface area contributed by atoms with Crippen molar-refractivity contribution in [3.05, 3.63) is 12.2 Å². The van der Waals surface area contributed by atoms with Gasteiger partial charge in [-0.05, 0) is 27.2 Å². The lowest BCUT2D eigenvalue weighted by Crippen LogP contribution is -2.26. The lowest BCUT2D eigenvalue weighted by Gasteiger charge is -2.16. The van der Waals surface area contributed by atoms with Crippen LogP contribution in [0.1, 0.15) is 33.6 Å². The molecule has 0 aliphatic heterocycles. The van der Waals surface area contributed by atoms with Crippen LogP contribution in [0.5, 0.6) is 0 Å². The Hall–Kier alpha value is -0.653. The topological polar surface area (TPSA) is 47.6 Å². The Kier molecular flexibility index (Phi) is 11.0. The Morgan fingerprint density at radius 3 is 2.39 bits per heavy atom. The highest BCUT2D eigenvalue weighted by molar-refractivity contribution is 6.36. The van der Waals surface area contributed by atoms with Crippen LogP contribution in [0.25, 0.3) is 0 Å². The van der Waals surface area contributed by atoms with Crippen molar-refractivity contribution in [3.63, 3.8) is 0 Å². The van der Waals surface area contributed by atoms with Gasteiger partial charge < -0.3 is 14.8 Å². The molecule has 0 aromatic rings. The van der Waals surface area contributed by atoms with E-state index in [-0.39, 0.29) is 21.3 Å². The second-order valence-electron chi connectivity index (χ2n) is 4.23. The minimum Gasteiger partial charge on any atom is -0.357 e. The van der Waals surface area contributed by atoms with Gasteiger partial charge in [-0.1, -0.05) is 19.0 Å². The zero-order chi connectivity index (χ0) is 13.8. The molecule has 0 bridgehead atoms. The van der Waals surface area contributed by atoms with Crippen LogP contribution in [0.2, 0.25) is 6.04 Å². The molecule has 0 saturated heterocycles. The first-order valence-electron chi connectivity index (χ1n) is 6.78. The predicted molar refractivity (Wildman–Crippen MR) is 77.4 cm³/mol. The summed E-state index contributed by atoms with van der Waals surface area (Å²) < 4.78 is 11.0. The Bertz CT molecular complexity index is 240. The maximum absolute atomic E-state index is 11.2. The molecule has 1 amide bonds. The van der Waals surface area contributed by atoms with E-state index in [0.717, 1.165) is 19.4 Å². The fourth-order valence-electron chi connectivity index (χ4n) is 1.55. The third kappa shape index (κ3) is 9.38. The lowest BCUT2D eigenvalue weighted by molar-refractivity contribution is -0.117. The predicted octanol–water partition coefficient (Wildman–Crippen LogP) is 1.40. The van der Waals surface area contributed by atoms with Gasteiger partial charge in [0.05, 0.1) is 9.52 Å². The van der Waals surface area contributed by atoms with Gasteiger partial charge in [-0.15, -0.1) is 0 Å². The first-order valence-corrected chi connectivity index (χ1v) is 8.60. The maximum atomic E-state index is 11.2. The van der Waals surface area contributed by atoms with Gasteiger partial charge in [-0.2, -0.15) is 0 Å². The zero-order valence-electron chi connectivity index (χ0n) is 12.0. The molecule has 0 radical (unpaired) electrons. The largest absolute Gasteiger partial charge is 0.357 e.